The molecule has 3 atom stereocenters. The van der Waals surface area contributed by atoms with Crippen molar-refractivity contribution in [3.05, 3.63) is 53.2 Å². The van der Waals surface area contributed by atoms with Crippen molar-refractivity contribution >= 4 is 5.91 Å². The third-order valence-electron chi connectivity index (χ3n) is 4.40. The van der Waals surface area contributed by atoms with Crippen LogP contribution >= 0.6 is 0 Å². The van der Waals surface area contributed by atoms with Gasteiger partial charge < -0.3 is 10.1 Å². The zero-order chi connectivity index (χ0) is 21.3. The van der Waals surface area contributed by atoms with Crippen molar-refractivity contribution in [2.75, 3.05) is 6.61 Å². The highest BCUT2D eigenvalue weighted by atomic mass is 19.4. The van der Waals surface area contributed by atoms with E-state index in [9.17, 15) is 31.1 Å². The first-order valence-electron chi connectivity index (χ1n) is 8.51. The Labute approximate surface area is 161 Å². The number of amides is 1. The minimum atomic E-state index is -4.50. The van der Waals surface area contributed by atoms with Crippen LogP contribution in [0.1, 0.15) is 36.6 Å². The van der Waals surface area contributed by atoms with Gasteiger partial charge in [0.1, 0.15) is 5.82 Å². The number of hydrogen-bond donors (Lipinski definition) is 1. The highest BCUT2D eigenvalue weighted by Gasteiger charge is 2.46. The highest BCUT2D eigenvalue weighted by molar-refractivity contribution is 5.83. The molecule has 1 heterocycles. The zero-order valence-electron chi connectivity index (χ0n) is 14.9. The quantitative estimate of drug-likeness (QED) is 0.571. The van der Waals surface area contributed by atoms with Gasteiger partial charge in [0.25, 0.3) is 0 Å². The van der Waals surface area contributed by atoms with E-state index in [1.165, 1.54) is 0 Å². The van der Waals surface area contributed by atoms with E-state index >= 15 is 0 Å². The Kier molecular flexibility index (Phi) is 5.67. The Bertz CT molecular complexity index is 904. The summed E-state index contributed by atoms with van der Waals surface area (Å²) in [7, 11) is 0. The van der Waals surface area contributed by atoms with Gasteiger partial charge in [-0.2, -0.15) is 13.2 Å². The van der Waals surface area contributed by atoms with Crippen LogP contribution in [0.3, 0.4) is 0 Å². The van der Waals surface area contributed by atoms with Gasteiger partial charge in [0.15, 0.2) is 18.2 Å². The Hall–Kier alpha value is -2.85. The van der Waals surface area contributed by atoms with Crippen LogP contribution in [0, 0.1) is 23.4 Å². The highest BCUT2D eigenvalue weighted by Crippen LogP contribution is 2.48. The van der Waals surface area contributed by atoms with Crippen LogP contribution in [-0.2, 0) is 4.79 Å². The molecule has 11 heteroatoms. The SMILES string of the molecule is C[C@@H](NC(=O)C1CC1c1cc(F)c(F)cc1F)c1cnc(OCC(F)(F)F)cn1. The monoisotopic (exact) mass is 419 g/mol. The first kappa shape index (κ1) is 20.9. The van der Waals surface area contributed by atoms with E-state index in [1.54, 1.807) is 6.92 Å². The maximum atomic E-state index is 13.8. The smallest absolute Gasteiger partial charge is 0.422 e. The molecule has 29 heavy (non-hydrogen) atoms. The van der Waals surface area contributed by atoms with Crippen LogP contribution in [0.25, 0.3) is 0 Å². The van der Waals surface area contributed by atoms with Crippen molar-refractivity contribution in [3.63, 3.8) is 0 Å². The maximum Gasteiger partial charge on any atom is 0.422 e. The van der Waals surface area contributed by atoms with Crippen LogP contribution in [-0.4, -0.2) is 28.7 Å². The summed E-state index contributed by atoms with van der Waals surface area (Å²) in [5, 5.41) is 2.63. The Morgan fingerprint density at radius 3 is 2.48 bits per heavy atom. The average molecular weight is 419 g/mol. The van der Waals surface area contributed by atoms with Gasteiger partial charge in [-0.3, -0.25) is 9.78 Å². The lowest BCUT2D eigenvalue weighted by Crippen LogP contribution is -2.29. The summed E-state index contributed by atoms with van der Waals surface area (Å²) in [5.41, 5.74) is 0.205. The van der Waals surface area contributed by atoms with Crippen LogP contribution in [0.4, 0.5) is 26.3 Å². The molecule has 156 valence electrons. The number of carbonyl (C=O) groups is 1. The Morgan fingerprint density at radius 1 is 1.17 bits per heavy atom. The maximum absolute atomic E-state index is 13.8. The molecule has 2 aromatic rings. The van der Waals surface area contributed by atoms with Crippen molar-refractivity contribution < 1.29 is 35.9 Å². The number of hydrogen-bond acceptors (Lipinski definition) is 4. The van der Waals surface area contributed by atoms with Gasteiger partial charge >= 0.3 is 6.18 Å². The summed E-state index contributed by atoms with van der Waals surface area (Å²) in [6.07, 6.45) is -2.07. The molecular weight excluding hydrogens is 404 g/mol. The van der Waals surface area contributed by atoms with Crippen LogP contribution in [0.2, 0.25) is 0 Å². The second-order valence-corrected chi connectivity index (χ2v) is 6.65. The van der Waals surface area contributed by atoms with Gasteiger partial charge in [-0.1, -0.05) is 0 Å². The molecule has 1 aromatic carbocycles. The molecule has 0 bridgehead atoms. The fraction of sp³-hybridized carbons (Fsp3) is 0.389. The summed E-state index contributed by atoms with van der Waals surface area (Å²) in [4.78, 5) is 19.9. The molecule has 1 saturated carbocycles. The number of halogens is 6. The van der Waals surface area contributed by atoms with Crippen molar-refractivity contribution in [1.82, 2.24) is 15.3 Å². The summed E-state index contributed by atoms with van der Waals surface area (Å²) in [5.74, 6) is -5.35. The van der Waals surface area contributed by atoms with Gasteiger partial charge in [0.2, 0.25) is 11.8 Å². The first-order chi connectivity index (χ1) is 13.5. The lowest BCUT2D eigenvalue weighted by Gasteiger charge is -2.14. The van der Waals surface area contributed by atoms with E-state index < -0.39 is 54.0 Å². The molecular formula is C18H15F6N3O2. The number of carbonyl (C=O) groups excluding carboxylic acids is 1. The minimum absolute atomic E-state index is 0.0670. The van der Waals surface area contributed by atoms with Crippen molar-refractivity contribution in [3.8, 4) is 5.88 Å². The van der Waals surface area contributed by atoms with E-state index in [2.05, 4.69) is 20.0 Å². The molecule has 0 saturated heterocycles. The minimum Gasteiger partial charge on any atom is -0.467 e. The predicted octanol–water partition coefficient (Wildman–Crippen LogP) is 3.82. The second-order valence-electron chi connectivity index (χ2n) is 6.65. The fourth-order valence-electron chi connectivity index (χ4n) is 2.83. The van der Waals surface area contributed by atoms with Crippen LogP contribution in [0.15, 0.2) is 24.5 Å². The van der Waals surface area contributed by atoms with E-state index in [-0.39, 0.29) is 23.6 Å². The second kappa shape index (κ2) is 7.88. The summed E-state index contributed by atoms with van der Waals surface area (Å²) in [6, 6.07) is 0.554. The number of alkyl halides is 3. The predicted molar refractivity (Wildman–Crippen MR) is 87.3 cm³/mol. The van der Waals surface area contributed by atoms with Crippen molar-refractivity contribution in [1.29, 1.82) is 0 Å². The average Bonchev–Trinajstić information content (AvgIpc) is 3.43. The summed E-state index contributed by atoms with van der Waals surface area (Å²) in [6.45, 7) is 0.0740. The van der Waals surface area contributed by atoms with Gasteiger partial charge in [0.05, 0.1) is 24.1 Å². The Morgan fingerprint density at radius 2 is 1.86 bits per heavy atom. The third kappa shape index (κ3) is 5.15. The molecule has 0 spiro atoms. The molecule has 1 aromatic heterocycles. The largest absolute Gasteiger partial charge is 0.467 e. The van der Waals surface area contributed by atoms with E-state index in [0.717, 1.165) is 18.5 Å². The molecule has 3 rings (SSSR count). The van der Waals surface area contributed by atoms with Crippen LogP contribution in [0.5, 0.6) is 5.88 Å². The Balaban J connectivity index is 1.57. The molecule has 0 aliphatic heterocycles. The summed E-state index contributed by atoms with van der Waals surface area (Å²) < 4.78 is 81.0. The number of ether oxygens (including phenoxy) is 1. The molecule has 0 radical (unpaired) electrons. The lowest BCUT2D eigenvalue weighted by molar-refractivity contribution is -0.154. The molecule has 2 unspecified atom stereocenters. The van der Waals surface area contributed by atoms with E-state index in [4.69, 9.17) is 0 Å². The van der Waals surface area contributed by atoms with Gasteiger partial charge in [-0.05, 0) is 30.9 Å². The van der Waals surface area contributed by atoms with E-state index in [1.807, 2.05) is 0 Å². The number of nitrogens with zero attached hydrogens (tertiary/aromatic N) is 2. The zero-order valence-corrected chi connectivity index (χ0v) is 14.9. The van der Waals surface area contributed by atoms with Gasteiger partial charge in [0, 0.05) is 12.0 Å². The first-order valence-corrected chi connectivity index (χ1v) is 8.51. The molecule has 5 nitrogen and oxygen atoms in total. The molecule has 1 amide bonds. The molecule has 1 aliphatic rings. The topological polar surface area (TPSA) is 64.1 Å². The number of aromatic nitrogens is 2. The van der Waals surface area contributed by atoms with Crippen LogP contribution < -0.4 is 10.1 Å². The lowest BCUT2D eigenvalue weighted by atomic mass is 10.1. The number of nitrogens with one attached hydrogen (secondary N) is 1. The van der Waals surface area contributed by atoms with Gasteiger partial charge in [-0.25, -0.2) is 18.2 Å². The van der Waals surface area contributed by atoms with E-state index in [0.29, 0.717) is 6.07 Å². The number of benzene rings is 1. The van der Waals surface area contributed by atoms with Crippen molar-refractivity contribution in [2.45, 2.75) is 31.5 Å². The molecule has 1 fully saturated rings. The number of rotatable bonds is 6. The summed E-state index contributed by atoms with van der Waals surface area (Å²) >= 11 is 0. The third-order valence-corrected chi connectivity index (χ3v) is 4.40. The van der Waals surface area contributed by atoms with Gasteiger partial charge in [-0.15, -0.1) is 0 Å². The van der Waals surface area contributed by atoms with Crippen molar-refractivity contribution in [2.24, 2.45) is 5.92 Å². The fourth-order valence-corrected chi connectivity index (χ4v) is 2.83. The standard InChI is InChI=1S/C18H15F6N3O2/c1-8(15-5-26-16(6-25-15)29-7-18(22,23)24)27-17(28)11-2-9(11)10-3-13(20)14(21)4-12(10)19/h3-6,8-9,11H,2,7H2,1H3,(H,27,28)/t8-,9?,11?/m1/s1. The molecule has 1 N–H and O–H groups in total. The molecule has 1 aliphatic carbocycles. The normalized spacial score (nSPS) is 19.6.